The Morgan fingerprint density at radius 3 is 2.85 bits per heavy atom. The first-order chi connectivity index (χ1) is 9.45. The van der Waals surface area contributed by atoms with E-state index in [-0.39, 0.29) is 17.9 Å². The molecule has 6 nitrogen and oxygen atoms in total. The van der Waals surface area contributed by atoms with Gasteiger partial charge in [-0.1, -0.05) is 6.92 Å². The molecule has 0 radical (unpaired) electrons. The molecule has 2 aliphatic heterocycles. The van der Waals surface area contributed by atoms with Crippen molar-refractivity contribution in [3.8, 4) is 0 Å². The SMILES string of the molecule is CCNC1COCC1C(=O)N1CCSCC1S(C)(=O)=O. The van der Waals surface area contributed by atoms with Gasteiger partial charge in [-0.25, -0.2) is 8.42 Å². The third kappa shape index (κ3) is 3.47. The topological polar surface area (TPSA) is 75.7 Å². The third-order valence-corrected chi connectivity index (χ3v) is 6.37. The van der Waals surface area contributed by atoms with Crippen LogP contribution >= 0.6 is 11.8 Å². The van der Waals surface area contributed by atoms with E-state index in [1.165, 1.54) is 11.2 Å². The quantitative estimate of drug-likeness (QED) is 0.756. The molecule has 0 aliphatic carbocycles. The van der Waals surface area contributed by atoms with E-state index in [0.29, 0.717) is 25.5 Å². The average molecular weight is 322 g/mol. The first-order valence-corrected chi connectivity index (χ1v) is 9.94. The van der Waals surface area contributed by atoms with E-state index in [1.54, 1.807) is 11.8 Å². The summed E-state index contributed by atoms with van der Waals surface area (Å²) >= 11 is 1.58. The number of rotatable bonds is 4. The first-order valence-electron chi connectivity index (χ1n) is 6.83. The number of amides is 1. The van der Waals surface area contributed by atoms with Crippen molar-refractivity contribution in [2.24, 2.45) is 5.92 Å². The molecule has 0 spiro atoms. The number of thioether (sulfide) groups is 1. The van der Waals surface area contributed by atoms with Gasteiger partial charge in [-0.2, -0.15) is 11.8 Å². The monoisotopic (exact) mass is 322 g/mol. The Kier molecular flexibility index (Phi) is 5.33. The van der Waals surface area contributed by atoms with Crippen molar-refractivity contribution in [3.05, 3.63) is 0 Å². The van der Waals surface area contributed by atoms with Crippen LogP contribution in [0.25, 0.3) is 0 Å². The molecule has 20 heavy (non-hydrogen) atoms. The van der Waals surface area contributed by atoms with Crippen molar-refractivity contribution in [2.45, 2.75) is 18.3 Å². The number of hydrogen-bond donors (Lipinski definition) is 1. The van der Waals surface area contributed by atoms with Gasteiger partial charge in [0.25, 0.3) is 0 Å². The van der Waals surface area contributed by atoms with Gasteiger partial charge in [0, 0.05) is 30.3 Å². The standard InChI is InChI=1S/C12H22N2O4S2/c1-3-13-10-7-18-6-9(10)12(15)14-4-5-19-8-11(14)20(2,16)17/h9-11,13H,3-8H2,1-2H3. The van der Waals surface area contributed by atoms with Gasteiger partial charge in [-0.05, 0) is 6.54 Å². The van der Waals surface area contributed by atoms with E-state index >= 15 is 0 Å². The summed E-state index contributed by atoms with van der Waals surface area (Å²) in [5.74, 6) is 0.882. The number of carbonyl (C=O) groups excluding carboxylic acids is 1. The maximum Gasteiger partial charge on any atom is 0.230 e. The van der Waals surface area contributed by atoms with Crippen molar-refractivity contribution in [2.75, 3.05) is 44.1 Å². The fourth-order valence-corrected chi connectivity index (χ4v) is 5.48. The summed E-state index contributed by atoms with van der Waals surface area (Å²) in [5, 5.41) is 2.54. The summed E-state index contributed by atoms with van der Waals surface area (Å²) in [5.41, 5.74) is 0. The Balaban J connectivity index is 2.13. The largest absolute Gasteiger partial charge is 0.379 e. The van der Waals surface area contributed by atoms with Gasteiger partial charge in [-0.3, -0.25) is 4.79 Å². The predicted molar refractivity (Wildman–Crippen MR) is 79.4 cm³/mol. The highest BCUT2D eigenvalue weighted by atomic mass is 32.2. The summed E-state index contributed by atoms with van der Waals surface area (Å²) in [6.45, 7) is 4.13. The lowest BCUT2D eigenvalue weighted by Crippen LogP contribution is -2.54. The van der Waals surface area contributed by atoms with Gasteiger partial charge in [0.15, 0.2) is 9.84 Å². The average Bonchev–Trinajstić information content (AvgIpc) is 2.85. The van der Waals surface area contributed by atoms with Crippen LogP contribution in [0.4, 0.5) is 0 Å². The molecule has 3 unspecified atom stereocenters. The minimum Gasteiger partial charge on any atom is -0.379 e. The van der Waals surface area contributed by atoms with Gasteiger partial charge in [0.05, 0.1) is 19.1 Å². The van der Waals surface area contributed by atoms with E-state index in [9.17, 15) is 13.2 Å². The second-order valence-electron chi connectivity index (χ2n) is 5.20. The van der Waals surface area contributed by atoms with Gasteiger partial charge in [-0.15, -0.1) is 0 Å². The van der Waals surface area contributed by atoms with Crippen LogP contribution < -0.4 is 5.32 Å². The van der Waals surface area contributed by atoms with E-state index in [0.717, 1.165) is 12.3 Å². The minimum atomic E-state index is -3.26. The number of nitrogens with one attached hydrogen (secondary N) is 1. The van der Waals surface area contributed by atoms with Crippen LogP contribution in [0.2, 0.25) is 0 Å². The molecule has 0 aromatic rings. The summed E-state index contributed by atoms with van der Waals surface area (Å²) in [4.78, 5) is 14.2. The van der Waals surface area contributed by atoms with Crippen LogP contribution in [0.5, 0.6) is 0 Å². The lowest BCUT2D eigenvalue weighted by molar-refractivity contribution is -0.136. The number of nitrogens with zero attached hydrogens (tertiary/aromatic N) is 1. The molecule has 2 rings (SSSR count). The Bertz CT molecular complexity index is 454. The highest BCUT2D eigenvalue weighted by Crippen LogP contribution is 2.25. The maximum absolute atomic E-state index is 12.7. The van der Waals surface area contributed by atoms with Gasteiger partial charge >= 0.3 is 0 Å². The molecule has 1 N–H and O–H groups in total. The predicted octanol–water partition coefficient (Wildman–Crippen LogP) is -0.443. The van der Waals surface area contributed by atoms with Gasteiger partial charge in [0.2, 0.25) is 5.91 Å². The van der Waals surface area contributed by atoms with Crippen LogP contribution in [-0.4, -0.2) is 74.7 Å². The Morgan fingerprint density at radius 1 is 1.45 bits per heavy atom. The molecular formula is C12H22N2O4S2. The summed E-state index contributed by atoms with van der Waals surface area (Å²) in [7, 11) is -3.26. The molecule has 0 saturated carbocycles. The van der Waals surface area contributed by atoms with E-state index in [1.807, 2.05) is 6.92 Å². The van der Waals surface area contributed by atoms with Crippen LogP contribution in [0.15, 0.2) is 0 Å². The molecule has 2 fully saturated rings. The maximum atomic E-state index is 12.7. The lowest BCUT2D eigenvalue weighted by atomic mass is 10.0. The Hall–Kier alpha value is -0.310. The minimum absolute atomic E-state index is 0.0118. The van der Waals surface area contributed by atoms with Crippen LogP contribution in [-0.2, 0) is 19.4 Å². The zero-order valence-electron chi connectivity index (χ0n) is 11.9. The molecule has 0 bridgehead atoms. The third-order valence-electron chi connectivity index (χ3n) is 3.73. The summed E-state index contributed by atoms with van der Waals surface area (Å²) in [6, 6.07) is -0.0118. The molecule has 2 aliphatic rings. The van der Waals surface area contributed by atoms with Crippen molar-refractivity contribution in [1.82, 2.24) is 10.2 Å². The molecule has 2 heterocycles. The summed E-state index contributed by atoms with van der Waals surface area (Å²) in [6.07, 6.45) is 1.21. The van der Waals surface area contributed by atoms with E-state index in [2.05, 4.69) is 5.32 Å². The second kappa shape index (κ2) is 6.64. The Labute approximate surface area is 124 Å². The normalized spacial score (nSPS) is 31.5. The van der Waals surface area contributed by atoms with Crippen molar-refractivity contribution >= 4 is 27.5 Å². The fraction of sp³-hybridized carbons (Fsp3) is 0.917. The molecule has 0 aromatic heterocycles. The molecule has 3 atom stereocenters. The van der Waals surface area contributed by atoms with E-state index in [4.69, 9.17) is 4.74 Å². The lowest BCUT2D eigenvalue weighted by Gasteiger charge is -2.36. The molecule has 116 valence electrons. The van der Waals surface area contributed by atoms with Crippen LogP contribution in [0.1, 0.15) is 6.92 Å². The van der Waals surface area contributed by atoms with Crippen LogP contribution in [0.3, 0.4) is 0 Å². The number of likely N-dealkylation sites (N-methyl/N-ethyl adjacent to an activating group) is 1. The van der Waals surface area contributed by atoms with Crippen LogP contribution in [0, 0.1) is 5.92 Å². The van der Waals surface area contributed by atoms with Gasteiger partial charge in [0.1, 0.15) is 5.37 Å². The van der Waals surface area contributed by atoms with Crippen molar-refractivity contribution in [3.63, 3.8) is 0 Å². The first kappa shape index (κ1) is 16.1. The molecular weight excluding hydrogens is 300 g/mol. The molecule has 1 amide bonds. The number of ether oxygens (including phenoxy) is 1. The fourth-order valence-electron chi connectivity index (χ4n) is 2.66. The van der Waals surface area contributed by atoms with E-state index < -0.39 is 15.2 Å². The molecule has 8 heteroatoms. The number of sulfone groups is 1. The highest BCUT2D eigenvalue weighted by Gasteiger charge is 2.41. The molecule has 0 aromatic carbocycles. The van der Waals surface area contributed by atoms with Crippen molar-refractivity contribution in [1.29, 1.82) is 0 Å². The van der Waals surface area contributed by atoms with Gasteiger partial charge < -0.3 is 15.0 Å². The van der Waals surface area contributed by atoms with Crippen molar-refractivity contribution < 1.29 is 17.9 Å². The zero-order valence-corrected chi connectivity index (χ0v) is 13.5. The number of carbonyl (C=O) groups is 1. The molecule has 2 saturated heterocycles. The Morgan fingerprint density at radius 2 is 2.20 bits per heavy atom. The zero-order chi connectivity index (χ0) is 14.8. The smallest absolute Gasteiger partial charge is 0.230 e. The second-order valence-corrected chi connectivity index (χ2v) is 8.55. The number of hydrogen-bond acceptors (Lipinski definition) is 6. The highest BCUT2D eigenvalue weighted by molar-refractivity contribution is 8.00. The summed E-state index contributed by atoms with van der Waals surface area (Å²) < 4.78 is 29.1.